The van der Waals surface area contributed by atoms with Crippen molar-refractivity contribution in [3.8, 4) is 23.3 Å². The summed E-state index contributed by atoms with van der Waals surface area (Å²) in [4.78, 5) is 119. The van der Waals surface area contributed by atoms with E-state index in [9.17, 15) is 55.9 Å². The molecule has 2 aromatic heterocycles. The maximum Gasteiger partial charge on any atom is 0.326 e. The second-order valence-electron chi connectivity index (χ2n) is 31.8. The molecule has 99 heavy (non-hydrogen) atoms. The minimum absolute atomic E-state index is 0.0651. The van der Waals surface area contributed by atoms with E-state index < -0.39 is 145 Å². The van der Waals surface area contributed by atoms with Gasteiger partial charge < -0.3 is 43.3 Å². The first-order valence-corrected chi connectivity index (χ1v) is 36.8. The Hall–Kier alpha value is -7.38. The van der Waals surface area contributed by atoms with Crippen molar-refractivity contribution in [2.75, 3.05) is 27.3 Å². The number of carboxylic acids is 1. The van der Waals surface area contributed by atoms with Crippen LogP contribution in [0, 0.1) is 57.7 Å². The molecule has 2 N–H and O–H groups in total. The van der Waals surface area contributed by atoms with Crippen LogP contribution in [0.4, 0.5) is 8.78 Å². The van der Waals surface area contributed by atoms with Crippen molar-refractivity contribution in [2.24, 2.45) is 57.7 Å². The summed E-state index contributed by atoms with van der Waals surface area (Å²) in [5.74, 6) is -6.91. The number of halogens is 2. The minimum Gasteiger partial charge on any atom is -0.497 e. The molecule has 4 bridgehead atoms. The molecule has 23 nitrogen and oxygen atoms in total. The number of aliphatic carboxylic acids is 1. The second kappa shape index (κ2) is 27.9. The van der Waals surface area contributed by atoms with Crippen LogP contribution in [0.1, 0.15) is 183 Å². The zero-order valence-corrected chi connectivity index (χ0v) is 59.8. The number of ketones is 1. The number of alkyl halides is 2. The largest absolute Gasteiger partial charge is 0.497 e. The Morgan fingerprint density at radius 2 is 1.09 bits per heavy atom. The fourth-order valence-corrected chi connectivity index (χ4v) is 16.9. The van der Waals surface area contributed by atoms with E-state index in [1.165, 1.54) is 9.80 Å². The topological polar surface area (TPSA) is 299 Å². The monoisotopic (exact) mass is 1400 g/mol. The molecule has 0 radical (unpaired) electrons. The maximum absolute atomic E-state index is 14.9. The van der Waals surface area contributed by atoms with Gasteiger partial charge >= 0.3 is 17.9 Å². The van der Waals surface area contributed by atoms with Crippen molar-refractivity contribution < 1.29 is 84.3 Å². The van der Waals surface area contributed by atoms with E-state index in [4.69, 9.17) is 48.4 Å². The standard InChI is InChI=1S/C41H54F2N4O9S.C32H43N3O7/c1-22-32-21-47(34(22)31(48)20-41(19-27(41)35(42)43)38(51)46-57(52,53)25-13-14-25)37(50)26(39(2,3)4)17-33(49)56-40(5)18-23(40)10-8-7-9-11-29-36(55-32)45-30-16-24(54-6)12-15-28(30)44-29;1-18-25-17-35(27(18)30(38)39)29(37)21(31(2,3)4)15-26(36)42-32(5)16-19(32)10-8-7-9-11-23-28(41-25)34-24-14-20(40-6)12-13-22(24)33-23/h12,15-16,22-23,25-27,32,34-35H,7-11,13-14,17-21H2,1-6H3,(H,46,51);12-14,18-19,21,25,27H,7-11,15-17H2,1-6H3,(H,38,39)/t22-,23-,26-,27+,32+,34+,40-,41-;18-,19-,21-,25+,27+,32-/m11/s1. The van der Waals surface area contributed by atoms with Crippen molar-refractivity contribution in [3.05, 3.63) is 47.8 Å². The Labute approximate surface area is 577 Å². The third kappa shape index (κ3) is 15.7. The number of methoxy groups -OCH3 is 2. The van der Waals surface area contributed by atoms with Gasteiger partial charge in [-0.25, -0.2) is 41.9 Å². The Balaban J connectivity index is 0.000000210. The molecular weight excluding hydrogens is 1300 g/mol. The van der Waals surface area contributed by atoms with Crippen molar-refractivity contribution in [2.45, 2.75) is 232 Å². The van der Waals surface area contributed by atoms with Gasteiger partial charge in [0.2, 0.25) is 45.9 Å². The van der Waals surface area contributed by atoms with Crippen LogP contribution in [-0.4, -0.2) is 159 Å². The lowest BCUT2D eigenvalue weighted by molar-refractivity contribution is -0.159. The Morgan fingerprint density at radius 3 is 1.49 bits per heavy atom. The number of sulfonamides is 1. The molecule has 12 rings (SSSR count). The van der Waals surface area contributed by atoms with Crippen molar-refractivity contribution >= 4 is 73.5 Å². The molecule has 26 heteroatoms. The van der Waals surface area contributed by atoms with Crippen molar-refractivity contribution in [1.82, 2.24) is 34.5 Å². The number of nitrogens with zero attached hydrogens (tertiary/aromatic N) is 6. The number of esters is 2. The van der Waals surface area contributed by atoms with Gasteiger partial charge in [0.15, 0.2) is 5.78 Å². The van der Waals surface area contributed by atoms with E-state index >= 15 is 0 Å². The summed E-state index contributed by atoms with van der Waals surface area (Å²) < 4.78 is 92.0. The highest BCUT2D eigenvalue weighted by Crippen LogP contribution is 2.60. The number of hydrogen-bond acceptors (Lipinski definition) is 19. The molecule has 0 spiro atoms. The highest BCUT2D eigenvalue weighted by molar-refractivity contribution is 7.91. The smallest absolute Gasteiger partial charge is 0.326 e. The molecule has 4 saturated carbocycles. The van der Waals surface area contributed by atoms with E-state index in [1.807, 2.05) is 78.3 Å². The molecule has 6 heterocycles. The minimum atomic E-state index is -4.10. The van der Waals surface area contributed by atoms with E-state index in [0.717, 1.165) is 75.4 Å². The summed E-state index contributed by atoms with van der Waals surface area (Å²) in [5.41, 5.74) is -0.648. The van der Waals surface area contributed by atoms with Gasteiger partial charge in [0.25, 0.3) is 0 Å². The summed E-state index contributed by atoms with van der Waals surface area (Å²) in [6.07, 6.45) is 4.87. The number of Topliss-reactive ketones (excluding diaryl/α,β-unsaturated/α-hetero) is 1. The van der Waals surface area contributed by atoms with Crippen LogP contribution in [0.5, 0.6) is 23.3 Å². The number of carbonyl (C=O) groups is 7. The number of ether oxygens (including phenoxy) is 6. The average molecular weight is 1400 g/mol. The van der Waals surface area contributed by atoms with Crippen LogP contribution in [0.25, 0.3) is 22.1 Å². The average Bonchev–Trinajstić information content (AvgIpc) is 1.57. The van der Waals surface area contributed by atoms with E-state index in [2.05, 4.69) is 0 Å². The van der Waals surface area contributed by atoms with Gasteiger partial charge in [-0.2, -0.15) is 0 Å². The molecule has 14 atom stereocenters. The molecule has 2 saturated heterocycles. The summed E-state index contributed by atoms with van der Waals surface area (Å²) in [7, 11) is -0.962. The van der Waals surface area contributed by atoms with Gasteiger partial charge in [0.1, 0.15) is 52.3 Å². The number of aryl methyl sites for hydroxylation is 2. The van der Waals surface area contributed by atoms with E-state index in [0.29, 0.717) is 71.2 Å². The number of benzene rings is 2. The summed E-state index contributed by atoms with van der Waals surface area (Å²) in [6, 6.07) is 8.50. The number of rotatable bonds is 10. The van der Waals surface area contributed by atoms with Gasteiger partial charge in [-0.1, -0.05) is 81.1 Å². The van der Waals surface area contributed by atoms with Crippen LogP contribution >= 0.6 is 0 Å². The molecule has 4 aliphatic carbocycles. The van der Waals surface area contributed by atoms with Crippen molar-refractivity contribution in [3.63, 3.8) is 0 Å². The maximum atomic E-state index is 14.9. The third-order valence-electron chi connectivity index (χ3n) is 22.4. The van der Waals surface area contributed by atoms with Crippen LogP contribution in [0.15, 0.2) is 36.4 Å². The van der Waals surface area contributed by atoms with Gasteiger partial charge in [0, 0.05) is 48.1 Å². The number of hydrogen-bond donors (Lipinski definition) is 2. The third-order valence-corrected chi connectivity index (χ3v) is 24.2. The SMILES string of the molecule is COc1ccc2nc3c(nc2c1)O[C@H]1CN(C(=O)[C@H](C(C)(C)C)CC(=O)O[C@]2(C)C[C@H]2CCCCC3)[C@H](C(=O)C[C@]2(C(=O)NS(=O)(=O)C3CC3)C[C@H]2C(F)F)[C@@H]1C.COc1ccc2nc3c(nc2c1)O[C@H]1CN(C(=O)[C@H](C(C)(C)C)CC(=O)O[C@]2(C)C[C@H]2CCCCC3)[C@H](C(=O)O)[C@@H]1C. The second-order valence-corrected chi connectivity index (χ2v) is 33.8. The zero-order valence-electron chi connectivity index (χ0n) is 59.0. The molecule has 540 valence electrons. The Kier molecular flexibility index (Phi) is 20.5. The lowest BCUT2D eigenvalue weighted by Crippen LogP contribution is -2.50. The normalized spacial score (nSPS) is 31.7. The highest BCUT2D eigenvalue weighted by Gasteiger charge is 2.67. The predicted octanol–water partition coefficient (Wildman–Crippen LogP) is 10.4. The zero-order chi connectivity index (χ0) is 71.6. The molecule has 4 aromatic rings. The van der Waals surface area contributed by atoms with Gasteiger partial charge in [-0.05, 0) is 120 Å². The van der Waals surface area contributed by atoms with Crippen LogP contribution in [-0.2, 0) is 65.9 Å². The van der Waals surface area contributed by atoms with Gasteiger partial charge in [-0.3, -0.25) is 33.5 Å². The van der Waals surface area contributed by atoms with Gasteiger partial charge in [-0.15, -0.1) is 0 Å². The number of carboxylic acid groups (broad SMARTS) is 1. The highest BCUT2D eigenvalue weighted by atomic mass is 32.2. The Morgan fingerprint density at radius 1 is 0.646 bits per heavy atom. The molecule has 3 amide bonds. The van der Waals surface area contributed by atoms with Crippen LogP contribution in [0.3, 0.4) is 0 Å². The summed E-state index contributed by atoms with van der Waals surface area (Å²) in [6.45, 7) is 18.5. The lowest BCUT2D eigenvalue weighted by atomic mass is 9.77. The number of fused-ring (bicyclic) bond motifs is 10. The Bertz CT molecular complexity index is 3920. The van der Waals surface area contributed by atoms with E-state index in [1.54, 1.807) is 46.3 Å². The molecule has 4 aliphatic heterocycles. The molecule has 2 aromatic carbocycles. The first-order valence-electron chi connectivity index (χ1n) is 35.2. The molecule has 8 aliphatic rings. The number of aromatic nitrogens is 4. The van der Waals surface area contributed by atoms with Crippen LogP contribution < -0.4 is 23.7 Å². The quantitative estimate of drug-likeness (QED) is 0.139. The first-order chi connectivity index (χ1) is 46.6. The first kappa shape index (κ1) is 72.9. The summed E-state index contributed by atoms with van der Waals surface area (Å²) >= 11 is 0. The lowest BCUT2D eigenvalue weighted by Gasteiger charge is -2.35. The van der Waals surface area contributed by atoms with E-state index in [-0.39, 0.29) is 50.1 Å². The fourth-order valence-electron chi connectivity index (χ4n) is 15.5. The predicted molar refractivity (Wildman–Crippen MR) is 359 cm³/mol. The van der Waals surface area contributed by atoms with Gasteiger partial charge in [0.05, 0.1) is 90.8 Å². The molecular formula is C73H97F2N7O16S. The number of amides is 3. The molecule has 0 unspecified atom stereocenters. The number of nitrogens with one attached hydrogen (secondary N) is 1. The van der Waals surface area contributed by atoms with Crippen molar-refractivity contribution in [1.29, 1.82) is 0 Å². The molecule has 6 fully saturated rings. The summed E-state index contributed by atoms with van der Waals surface area (Å²) in [5, 5.41) is 9.46. The number of carbonyl (C=O) groups excluding carboxylic acids is 6. The fraction of sp³-hybridized carbons (Fsp3) is 0.685. The van der Waals surface area contributed by atoms with Crippen LogP contribution in [0.2, 0.25) is 0 Å².